The molecular weight excluding hydrogens is 442 g/mol. The van der Waals surface area contributed by atoms with Crippen molar-refractivity contribution in [3.8, 4) is 16.9 Å². The predicted molar refractivity (Wildman–Crippen MR) is 132 cm³/mol. The standard InChI is InChI=1S/C28H29N3O4/c1-35-20-8-4-7-18(13-20)21-9-10-24-25-22(14-31(24)28(21)34)23(15-32)26(30-25)27(33)29-19-11-16-5-2-3-6-17(16)12-19/h2-10,13,19,22-23,25-26,30,32H,11-12,14-15H2,1H3,(H,29,33)/t22-,23-,25+,26-/m1/s1. The van der Waals surface area contributed by atoms with E-state index in [-0.39, 0.29) is 42.0 Å². The molecule has 1 aromatic heterocycles. The first kappa shape index (κ1) is 22.1. The SMILES string of the molecule is COc1cccc(-c2ccc3n(c2=O)C[C@@H]2[C@@H](CO)[C@H](C(=O)NC4Cc5ccccc5C4)N[C@H]32)c1. The van der Waals surface area contributed by atoms with Crippen LogP contribution in [-0.2, 0) is 24.2 Å². The summed E-state index contributed by atoms with van der Waals surface area (Å²) in [5.41, 5.74) is 4.80. The first-order valence-corrected chi connectivity index (χ1v) is 12.2. The molecule has 4 atom stereocenters. The van der Waals surface area contributed by atoms with E-state index in [9.17, 15) is 14.7 Å². The third-order valence-corrected chi connectivity index (χ3v) is 7.96. The van der Waals surface area contributed by atoms with Gasteiger partial charge in [0.1, 0.15) is 5.75 Å². The topological polar surface area (TPSA) is 92.6 Å². The molecule has 180 valence electrons. The van der Waals surface area contributed by atoms with Crippen molar-refractivity contribution in [3.05, 3.63) is 87.8 Å². The number of nitrogens with zero attached hydrogens (tertiary/aromatic N) is 1. The fourth-order valence-electron chi connectivity index (χ4n) is 6.22. The van der Waals surface area contributed by atoms with Crippen LogP contribution in [0.3, 0.4) is 0 Å². The second kappa shape index (κ2) is 8.66. The first-order chi connectivity index (χ1) is 17.1. The zero-order chi connectivity index (χ0) is 24.1. The molecule has 7 nitrogen and oxygen atoms in total. The lowest BCUT2D eigenvalue weighted by molar-refractivity contribution is -0.125. The molecule has 7 heteroatoms. The largest absolute Gasteiger partial charge is 0.497 e. The Balaban J connectivity index is 1.22. The van der Waals surface area contributed by atoms with Crippen LogP contribution in [0.1, 0.15) is 22.9 Å². The third-order valence-electron chi connectivity index (χ3n) is 7.96. The summed E-state index contributed by atoms with van der Waals surface area (Å²) in [5, 5.41) is 16.9. The second-order valence-corrected chi connectivity index (χ2v) is 9.83. The van der Waals surface area contributed by atoms with Crippen LogP contribution in [0.5, 0.6) is 5.75 Å². The molecule has 0 unspecified atom stereocenters. The molecule has 1 fully saturated rings. The number of hydrogen-bond acceptors (Lipinski definition) is 5. The lowest BCUT2D eigenvalue weighted by Gasteiger charge is -2.23. The number of fused-ring (bicyclic) bond motifs is 4. The van der Waals surface area contributed by atoms with Gasteiger partial charge < -0.3 is 19.7 Å². The number of amides is 1. The van der Waals surface area contributed by atoms with Gasteiger partial charge in [0, 0.05) is 42.3 Å². The summed E-state index contributed by atoms with van der Waals surface area (Å²) in [4.78, 5) is 26.7. The van der Waals surface area contributed by atoms with Gasteiger partial charge in [0.25, 0.3) is 5.56 Å². The molecule has 3 aromatic rings. The summed E-state index contributed by atoms with van der Waals surface area (Å²) < 4.78 is 7.11. The highest BCUT2D eigenvalue weighted by Crippen LogP contribution is 2.43. The average Bonchev–Trinajstić information content (AvgIpc) is 3.55. The molecular formula is C28H29N3O4. The monoisotopic (exact) mass is 471 g/mol. The number of aliphatic hydroxyl groups is 1. The van der Waals surface area contributed by atoms with Crippen LogP contribution in [0, 0.1) is 11.8 Å². The number of aliphatic hydroxyl groups excluding tert-OH is 1. The fourth-order valence-corrected chi connectivity index (χ4v) is 6.22. The van der Waals surface area contributed by atoms with E-state index in [1.54, 1.807) is 11.7 Å². The Labute approximate surface area is 203 Å². The van der Waals surface area contributed by atoms with E-state index < -0.39 is 6.04 Å². The third kappa shape index (κ3) is 3.66. The molecule has 0 saturated carbocycles. The summed E-state index contributed by atoms with van der Waals surface area (Å²) in [6, 6.07) is 19.0. The van der Waals surface area contributed by atoms with Gasteiger partial charge in [-0.15, -0.1) is 0 Å². The predicted octanol–water partition coefficient (Wildman–Crippen LogP) is 2.06. The number of nitrogens with one attached hydrogen (secondary N) is 2. The van der Waals surface area contributed by atoms with E-state index in [2.05, 4.69) is 22.8 Å². The molecule has 0 radical (unpaired) electrons. The van der Waals surface area contributed by atoms with Crippen LogP contribution in [0.2, 0.25) is 0 Å². The van der Waals surface area contributed by atoms with Gasteiger partial charge in [-0.05, 0) is 53.8 Å². The molecule has 6 rings (SSSR count). The molecule has 0 bridgehead atoms. The molecule has 3 aliphatic rings. The minimum atomic E-state index is -0.486. The van der Waals surface area contributed by atoms with Gasteiger partial charge in [0.15, 0.2) is 0 Å². The van der Waals surface area contributed by atoms with Gasteiger partial charge in [0.2, 0.25) is 5.91 Å². The zero-order valence-electron chi connectivity index (χ0n) is 19.6. The van der Waals surface area contributed by atoms with E-state index in [1.165, 1.54) is 11.1 Å². The first-order valence-electron chi connectivity index (χ1n) is 12.2. The van der Waals surface area contributed by atoms with Gasteiger partial charge in [-0.1, -0.05) is 36.4 Å². The van der Waals surface area contributed by atoms with Crippen molar-refractivity contribution in [3.63, 3.8) is 0 Å². The molecule has 2 aromatic carbocycles. The molecule has 35 heavy (non-hydrogen) atoms. The summed E-state index contributed by atoms with van der Waals surface area (Å²) in [6.07, 6.45) is 1.66. The summed E-state index contributed by atoms with van der Waals surface area (Å²) in [5.74, 6) is 0.344. The molecule has 3 heterocycles. The number of carbonyl (C=O) groups excluding carboxylic acids is 1. The highest BCUT2D eigenvalue weighted by molar-refractivity contribution is 5.83. The van der Waals surface area contributed by atoms with Crippen molar-refractivity contribution in [1.82, 2.24) is 15.2 Å². The molecule has 0 spiro atoms. The number of methoxy groups -OCH3 is 1. The Morgan fingerprint density at radius 2 is 1.89 bits per heavy atom. The summed E-state index contributed by atoms with van der Waals surface area (Å²) in [6.45, 7) is 0.371. The number of carbonyl (C=O) groups is 1. The molecule has 1 amide bonds. The van der Waals surface area contributed by atoms with Crippen LogP contribution in [0.4, 0.5) is 0 Å². The average molecular weight is 472 g/mol. The number of hydrogen-bond donors (Lipinski definition) is 3. The van der Waals surface area contributed by atoms with E-state index in [0.29, 0.717) is 17.9 Å². The summed E-state index contributed by atoms with van der Waals surface area (Å²) >= 11 is 0. The van der Waals surface area contributed by atoms with E-state index in [0.717, 1.165) is 24.1 Å². The van der Waals surface area contributed by atoms with Gasteiger partial charge in [-0.2, -0.15) is 0 Å². The lowest BCUT2D eigenvalue weighted by atomic mass is 9.88. The van der Waals surface area contributed by atoms with Crippen molar-refractivity contribution < 1.29 is 14.6 Å². The van der Waals surface area contributed by atoms with Gasteiger partial charge in [-0.25, -0.2) is 0 Å². The maximum Gasteiger partial charge on any atom is 0.258 e. The van der Waals surface area contributed by atoms with Gasteiger partial charge >= 0.3 is 0 Å². The Morgan fingerprint density at radius 1 is 1.11 bits per heavy atom. The number of ether oxygens (including phenoxy) is 1. The van der Waals surface area contributed by atoms with E-state index in [4.69, 9.17) is 4.74 Å². The highest BCUT2D eigenvalue weighted by atomic mass is 16.5. The minimum absolute atomic E-state index is 0.0233. The maximum absolute atomic E-state index is 13.4. The second-order valence-electron chi connectivity index (χ2n) is 9.83. The van der Waals surface area contributed by atoms with E-state index >= 15 is 0 Å². The Bertz CT molecular complexity index is 1330. The quantitative estimate of drug-likeness (QED) is 0.530. The Kier molecular flexibility index (Phi) is 5.46. The molecule has 3 N–H and O–H groups in total. The number of pyridine rings is 1. The number of benzene rings is 2. The maximum atomic E-state index is 13.4. The van der Waals surface area contributed by atoms with Crippen LogP contribution in [0.25, 0.3) is 11.1 Å². The highest BCUT2D eigenvalue weighted by Gasteiger charge is 2.50. The number of rotatable bonds is 5. The Hall–Kier alpha value is -3.42. The number of aromatic nitrogens is 1. The fraction of sp³-hybridized carbons (Fsp3) is 0.357. The van der Waals surface area contributed by atoms with Crippen LogP contribution < -0.4 is 20.9 Å². The van der Waals surface area contributed by atoms with Gasteiger partial charge in [0.05, 0.1) is 19.2 Å². The van der Waals surface area contributed by atoms with Gasteiger partial charge in [-0.3, -0.25) is 14.9 Å². The van der Waals surface area contributed by atoms with Crippen LogP contribution in [-0.4, -0.2) is 41.4 Å². The normalized spacial score (nSPS) is 24.6. The zero-order valence-corrected chi connectivity index (χ0v) is 19.6. The lowest BCUT2D eigenvalue weighted by Crippen LogP contribution is -2.49. The van der Waals surface area contributed by atoms with Crippen molar-refractivity contribution in [1.29, 1.82) is 0 Å². The van der Waals surface area contributed by atoms with Crippen molar-refractivity contribution >= 4 is 5.91 Å². The molecule has 1 saturated heterocycles. The Morgan fingerprint density at radius 3 is 2.60 bits per heavy atom. The molecule has 2 aliphatic heterocycles. The molecule has 1 aliphatic carbocycles. The van der Waals surface area contributed by atoms with Crippen LogP contribution >= 0.6 is 0 Å². The van der Waals surface area contributed by atoms with Crippen LogP contribution in [0.15, 0.2) is 65.5 Å². The van der Waals surface area contributed by atoms with Crippen molar-refractivity contribution in [2.45, 2.75) is 37.5 Å². The smallest absolute Gasteiger partial charge is 0.258 e. The van der Waals surface area contributed by atoms with Crippen molar-refractivity contribution in [2.75, 3.05) is 13.7 Å². The van der Waals surface area contributed by atoms with E-state index in [1.807, 2.05) is 48.5 Å². The summed E-state index contributed by atoms with van der Waals surface area (Å²) in [7, 11) is 1.61. The van der Waals surface area contributed by atoms with Crippen molar-refractivity contribution in [2.24, 2.45) is 11.8 Å². The minimum Gasteiger partial charge on any atom is -0.497 e.